The van der Waals surface area contributed by atoms with Crippen LogP contribution in [-0.4, -0.2) is 9.97 Å². The third-order valence-electron chi connectivity index (χ3n) is 2.53. The standard InChI is InChI=1S/C14H15N3/c1-5-12(13(6-2)8-15)7-14-9-16-10(3)11(4)17-14/h5-6,9H,1-2,7H2,3-4H3/b13-12-. The summed E-state index contributed by atoms with van der Waals surface area (Å²) in [6.07, 6.45) is 5.47. The Kier molecular flexibility index (Phi) is 4.36. The Morgan fingerprint density at radius 2 is 2.06 bits per heavy atom. The molecule has 0 amide bonds. The number of hydrogen-bond donors (Lipinski definition) is 0. The summed E-state index contributed by atoms with van der Waals surface area (Å²) in [7, 11) is 0. The van der Waals surface area contributed by atoms with E-state index in [2.05, 4.69) is 29.2 Å². The van der Waals surface area contributed by atoms with Gasteiger partial charge in [0.15, 0.2) is 0 Å². The van der Waals surface area contributed by atoms with Crippen LogP contribution in [-0.2, 0) is 6.42 Å². The molecular formula is C14H15N3. The van der Waals surface area contributed by atoms with Crippen LogP contribution in [0.4, 0.5) is 0 Å². The quantitative estimate of drug-likeness (QED) is 0.584. The normalized spacial score (nSPS) is 11.4. The highest BCUT2D eigenvalue weighted by atomic mass is 14.8. The van der Waals surface area contributed by atoms with Gasteiger partial charge < -0.3 is 0 Å². The minimum atomic E-state index is 0.528. The Morgan fingerprint density at radius 3 is 2.53 bits per heavy atom. The van der Waals surface area contributed by atoms with Gasteiger partial charge in [-0.05, 0) is 19.4 Å². The van der Waals surface area contributed by atoms with Crippen LogP contribution in [0.2, 0.25) is 0 Å². The van der Waals surface area contributed by atoms with Gasteiger partial charge in [0.2, 0.25) is 0 Å². The summed E-state index contributed by atoms with van der Waals surface area (Å²) in [4.78, 5) is 8.67. The maximum atomic E-state index is 8.94. The molecule has 0 fully saturated rings. The second-order valence-electron chi connectivity index (χ2n) is 3.67. The fraction of sp³-hybridized carbons (Fsp3) is 0.214. The number of hydrogen-bond acceptors (Lipinski definition) is 3. The summed E-state index contributed by atoms with van der Waals surface area (Å²) in [5, 5.41) is 8.94. The first-order chi connectivity index (χ1) is 8.12. The van der Waals surface area contributed by atoms with E-state index >= 15 is 0 Å². The molecular weight excluding hydrogens is 210 g/mol. The van der Waals surface area contributed by atoms with Gasteiger partial charge in [0.25, 0.3) is 0 Å². The lowest BCUT2D eigenvalue weighted by molar-refractivity contribution is 0.957. The summed E-state index contributed by atoms with van der Waals surface area (Å²) >= 11 is 0. The van der Waals surface area contributed by atoms with E-state index in [-0.39, 0.29) is 0 Å². The van der Waals surface area contributed by atoms with Crippen molar-refractivity contribution in [1.82, 2.24) is 9.97 Å². The number of rotatable bonds is 4. The van der Waals surface area contributed by atoms with E-state index in [9.17, 15) is 0 Å². The van der Waals surface area contributed by atoms with Gasteiger partial charge in [-0.1, -0.05) is 25.3 Å². The Hall–Kier alpha value is -2.21. The molecule has 0 aliphatic rings. The summed E-state index contributed by atoms with van der Waals surface area (Å²) in [5.74, 6) is 0. The molecule has 0 spiro atoms. The average molecular weight is 225 g/mol. The lowest BCUT2D eigenvalue weighted by atomic mass is 10.0. The highest BCUT2D eigenvalue weighted by Crippen LogP contribution is 2.13. The highest BCUT2D eigenvalue weighted by Gasteiger charge is 2.05. The van der Waals surface area contributed by atoms with Crippen LogP contribution in [0, 0.1) is 25.2 Å². The van der Waals surface area contributed by atoms with E-state index in [0.717, 1.165) is 22.7 Å². The zero-order valence-corrected chi connectivity index (χ0v) is 10.2. The number of nitrogens with zero attached hydrogens (tertiary/aromatic N) is 3. The van der Waals surface area contributed by atoms with Crippen LogP contribution in [0.3, 0.4) is 0 Å². The first kappa shape index (κ1) is 12.9. The first-order valence-corrected chi connectivity index (χ1v) is 5.29. The van der Waals surface area contributed by atoms with Crippen molar-refractivity contribution in [3.63, 3.8) is 0 Å². The van der Waals surface area contributed by atoms with Crippen molar-refractivity contribution in [3.8, 4) is 6.07 Å². The van der Waals surface area contributed by atoms with E-state index < -0.39 is 0 Å². The number of nitriles is 1. The van der Waals surface area contributed by atoms with Gasteiger partial charge in [0.05, 0.1) is 28.7 Å². The molecule has 86 valence electrons. The van der Waals surface area contributed by atoms with Crippen LogP contribution in [0.1, 0.15) is 17.1 Å². The van der Waals surface area contributed by atoms with Crippen LogP contribution in [0.25, 0.3) is 0 Å². The highest BCUT2D eigenvalue weighted by molar-refractivity contribution is 5.42. The molecule has 0 atom stereocenters. The van der Waals surface area contributed by atoms with E-state index in [0.29, 0.717) is 12.0 Å². The molecule has 0 bridgehead atoms. The predicted octanol–water partition coefficient (Wildman–Crippen LogP) is 2.83. The largest absolute Gasteiger partial charge is 0.258 e. The van der Waals surface area contributed by atoms with Gasteiger partial charge >= 0.3 is 0 Å². The fourth-order valence-electron chi connectivity index (χ4n) is 1.40. The second kappa shape index (κ2) is 5.76. The topological polar surface area (TPSA) is 49.6 Å². The lowest BCUT2D eigenvalue weighted by Crippen LogP contribution is -2.00. The number of aryl methyl sites for hydroxylation is 2. The van der Waals surface area contributed by atoms with Crippen LogP contribution in [0.5, 0.6) is 0 Å². The lowest BCUT2D eigenvalue weighted by Gasteiger charge is -2.05. The number of aromatic nitrogens is 2. The second-order valence-corrected chi connectivity index (χ2v) is 3.67. The molecule has 0 unspecified atom stereocenters. The molecule has 1 aromatic rings. The van der Waals surface area contributed by atoms with Crippen molar-refractivity contribution >= 4 is 0 Å². The molecule has 0 N–H and O–H groups in total. The molecule has 3 nitrogen and oxygen atoms in total. The average Bonchev–Trinajstić information content (AvgIpc) is 2.33. The Bertz CT molecular complexity index is 519. The molecule has 17 heavy (non-hydrogen) atoms. The van der Waals surface area contributed by atoms with Crippen molar-refractivity contribution in [1.29, 1.82) is 5.26 Å². The van der Waals surface area contributed by atoms with E-state index in [4.69, 9.17) is 5.26 Å². The maximum Gasteiger partial charge on any atom is 0.0994 e. The smallest absolute Gasteiger partial charge is 0.0994 e. The van der Waals surface area contributed by atoms with E-state index in [1.165, 1.54) is 6.08 Å². The van der Waals surface area contributed by atoms with E-state index in [1.807, 2.05) is 13.8 Å². The maximum absolute atomic E-state index is 8.94. The summed E-state index contributed by atoms with van der Waals surface area (Å²) < 4.78 is 0. The molecule has 0 aliphatic heterocycles. The van der Waals surface area contributed by atoms with Gasteiger partial charge in [-0.2, -0.15) is 5.26 Å². The minimum absolute atomic E-state index is 0.528. The van der Waals surface area contributed by atoms with Gasteiger partial charge in [0, 0.05) is 12.6 Å². The van der Waals surface area contributed by atoms with Crippen LogP contribution in [0.15, 0.2) is 42.7 Å². The zero-order valence-electron chi connectivity index (χ0n) is 10.2. The van der Waals surface area contributed by atoms with Gasteiger partial charge in [-0.15, -0.1) is 0 Å². The molecule has 1 aromatic heterocycles. The SMILES string of the molecule is C=C/C(C#N)=C(\C=C)Cc1cnc(C)c(C)n1. The first-order valence-electron chi connectivity index (χ1n) is 5.29. The molecule has 0 saturated heterocycles. The van der Waals surface area contributed by atoms with Crippen molar-refractivity contribution in [2.75, 3.05) is 0 Å². The van der Waals surface area contributed by atoms with Gasteiger partial charge in [-0.3, -0.25) is 9.97 Å². The monoisotopic (exact) mass is 225 g/mol. The summed E-state index contributed by atoms with van der Waals surface area (Å²) in [6, 6.07) is 2.09. The number of allylic oxidation sites excluding steroid dienone is 4. The molecule has 1 rings (SSSR count). The van der Waals surface area contributed by atoms with Crippen molar-refractivity contribution in [2.45, 2.75) is 20.3 Å². The summed E-state index contributed by atoms with van der Waals surface area (Å²) in [6.45, 7) is 11.2. The van der Waals surface area contributed by atoms with Gasteiger partial charge in [0.1, 0.15) is 0 Å². The third-order valence-corrected chi connectivity index (χ3v) is 2.53. The molecule has 1 heterocycles. The third kappa shape index (κ3) is 3.12. The molecule has 0 saturated carbocycles. The molecule has 3 heteroatoms. The van der Waals surface area contributed by atoms with Crippen molar-refractivity contribution in [2.24, 2.45) is 0 Å². The zero-order chi connectivity index (χ0) is 12.8. The molecule has 0 aliphatic carbocycles. The van der Waals surface area contributed by atoms with Gasteiger partial charge in [-0.25, -0.2) is 0 Å². The minimum Gasteiger partial charge on any atom is -0.258 e. The Balaban J connectivity index is 3.08. The summed E-state index contributed by atoms with van der Waals surface area (Å²) in [5.41, 5.74) is 4.00. The Labute approximate surface area is 102 Å². The fourth-order valence-corrected chi connectivity index (χ4v) is 1.40. The van der Waals surface area contributed by atoms with Crippen molar-refractivity contribution < 1.29 is 0 Å². The molecule has 0 aromatic carbocycles. The predicted molar refractivity (Wildman–Crippen MR) is 68.2 cm³/mol. The van der Waals surface area contributed by atoms with Crippen LogP contribution < -0.4 is 0 Å². The van der Waals surface area contributed by atoms with Crippen LogP contribution >= 0.6 is 0 Å². The Morgan fingerprint density at radius 1 is 1.35 bits per heavy atom. The van der Waals surface area contributed by atoms with Crippen molar-refractivity contribution in [3.05, 3.63) is 59.7 Å². The molecule has 0 radical (unpaired) electrons. The van der Waals surface area contributed by atoms with E-state index in [1.54, 1.807) is 12.3 Å².